The summed E-state index contributed by atoms with van der Waals surface area (Å²) in [5, 5.41) is 0. The van der Waals surface area contributed by atoms with Crippen molar-refractivity contribution in [3.63, 3.8) is 0 Å². The second-order valence-corrected chi connectivity index (χ2v) is 1.39. The molecule has 0 spiro atoms. The number of hydrogen-bond donors (Lipinski definition) is 3. The van der Waals surface area contributed by atoms with E-state index in [-0.39, 0.29) is 0 Å². The quantitative estimate of drug-likeness (QED) is 0.438. The molecule has 0 heterocycles. The average molecular weight is 216 g/mol. The van der Waals surface area contributed by atoms with Crippen molar-refractivity contribution in [1.82, 2.24) is 0 Å². The first kappa shape index (κ1) is 10.3. The van der Waals surface area contributed by atoms with Crippen molar-refractivity contribution >= 4 is 25.8 Å². The van der Waals surface area contributed by atoms with Crippen molar-refractivity contribution < 1.29 is 27.4 Å². The second-order valence-electron chi connectivity index (χ2n) is 0.268. The van der Waals surface area contributed by atoms with Gasteiger partial charge in [-0.2, -0.15) is 0 Å². The van der Waals surface area contributed by atoms with Gasteiger partial charge in [0, 0.05) is 0 Å². The molecule has 0 aliphatic heterocycles. The number of rotatable bonds is 0. The van der Waals surface area contributed by atoms with E-state index in [1.54, 1.807) is 0 Å². The minimum absolute atomic E-state index is 2.41. The van der Waals surface area contributed by atoms with Gasteiger partial charge in [-0.1, -0.05) is 0 Å². The fourth-order valence-corrected chi connectivity index (χ4v) is 0. The third-order valence-corrected chi connectivity index (χ3v) is 0. The van der Waals surface area contributed by atoms with E-state index >= 15 is 0 Å². The van der Waals surface area contributed by atoms with Crippen LogP contribution < -0.4 is 0 Å². The van der Waals surface area contributed by atoms with E-state index in [0.717, 1.165) is 0 Å². The number of halogens is 1. The van der Waals surface area contributed by atoms with Crippen LogP contribution in [0.4, 0.5) is 0 Å². The van der Waals surface area contributed by atoms with E-state index in [9.17, 15) is 0 Å². The summed E-state index contributed by atoms with van der Waals surface area (Å²) in [5.41, 5.74) is 0. The molecule has 0 aromatic carbocycles. The van der Waals surface area contributed by atoms with Crippen LogP contribution in [-0.4, -0.2) is 28.0 Å². The van der Waals surface area contributed by atoms with Gasteiger partial charge in [0.1, 0.15) is 0 Å². The maximum atomic E-state index is 7.31. The Morgan fingerprint density at radius 1 is 1.17 bits per heavy atom. The normalized spacial score (nSPS) is 7.00. The Hall–Kier alpha value is 1.25. The molecule has 0 radical (unpaired) electrons. The molecule has 0 saturated heterocycles. The van der Waals surface area contributed by atoms with Gasteiger partial charge in [-0.15, -0.1) is 0 Å². The van der Waals surface area contributed by atoms with Crippen molar-refractivity contribution in [2.45, 2.75) is 0 Å². The monoisotopic (exact) mass is 216 g/mol. The molecule has 0 unspecified atom stereocenters. The fourth-order valence-electron chi connectivity index (χ4n) is 0. The van der Waals surface area contributed by atoms with Gasteiger partial charge in [0.25, 0.3) is 0 Å². The molecular weight excluding hydrogens is 213 g/mol. The Labute approximate surface area is 53.3 Å². The topological polar surface area (TPSA) is 60.7 Å². The first-order valence-electron chi connectivity index (χ1n) is 0.743. The SMILES string of the molecule is O[As](O)O.[Cl][Mn]. The van der Waals surface area contributed by atoms with E-state index in [1.165, 1.54) is 0 Å². The van der Waals surface area contributed by atoms with E-state index in [2.05, 4.69) is 25.2 Å². The zero-order valence-electron chi connectivity index (χ0n) is 2.54. The molecule has 0 aromatic heterocycles. The molecule has 0 fully saturated rings. The van der Waals surface area contributed by atoms with Crippen LogP contribution in [0.25, 0.3) is 0 Å². The van der Waals surface area contributed by atoms with Gasteiger partial charge in [-0.3, -0.25) is 0 Å². The van der Waals surface area contributed by atoms with Crippen molar-refractivity contribution in [2.24, 2.45) is 0 Å². The summed E-state index contributed by atoms with van der Waals surface area (Å²) in [5.74, 6) is 0. The summed E-state index contributed by atoms with van der Waals surface area (Å²) in [6.07, 6.45) is 0. The van der Waals surface area contributed by atoms with Crippen LogP contribution in [0.3, 0.4) is 0 Å². The molecule has 0 saturated carbocycles. The average Bonchev–Trinajstić information content (AvgIpc) is 1.41. The standard InChI is InChI=1S/AsH3O3.ClH.Mn/c2-1(3)4;;/h2-4H;1H;/q;;+1/p-1. The predicted molar refractivity (Wildman–Crippen MR) is 18.3 cm³/mol. The minimum atomic E-state index is -3.19. The van der Waals surface area contributed by atoms with Crippen LogP contribution in [0.15, 0.2) is 0 Å². The molecule has 6 heavy (non-hydrogen) atoms. The molecule has 0 aromatic rings. The number of hydrogen-bond acceptors (Lipinski definition) is 3. The molecule has 3 N–H and O–H groups in total. The first-order valence-corrected chi connectivity index (χ1v) is 4.88. The van der Waals surface area contributed by atoms with Crippen LogP contribution >= 0.6 is 10.1 Å². The Bertz CT molecular complexity index is 15.5. The summed E-state index contributed by atoms with van der Waals surface area (Å²) in [6, 6.07) is 0. The van der Waals surface area contributed by atoms with Gasteiger partial charge in [0.05, 0.1) is 0 Å². The van der Waals surface area contributed by atoms with Crippen molar-refractivity contribution in [2.75, 3.05) is 0 Å². The summed E-state index contributed by atoms with van der Waals surface area (Å²) in [4.78, 5) is 0. The van der Waals surface area contributed by atoms with E-state index in [1.807, 2.05) is 0 Å². The van der Waals surface area contributed by atoms with Crippen LogP contribution in [0, 0.1) is 0 Å². The zero-order valence-corrected chi connectivity index (χ0v) is 6.36. The third-order valence-electron chi connectivity index (χ3n) is 0. The molecule has 0 amide bonds. The van der Waals surface area contributed by atoms with Crippen LogP contribution in [0.1, 0.15) is 0 Å². The van der Waals surface area contributed by atoms with Crippen molar-refractivity contribution in [3.8, 4) is 0 Å². The molecule has 0 aliphatic rings. The Balaban J connectivity index is 0. The molecule has 0 aliphatic carbocycles. The van der Waals surface area contributed by atoms with Gasteiger partial charge in [-0.25, -0.2) is 0 Å². The predicted octanol–water partition coefficient (Wildman–Crippen LogP) is -1.36. The third kappa shape index (κ3) is 60.8. The summed E-state index contributed by atoms with van der Waals surface area (Å²) >= 11 is -0.778. The Morgan fingerprint density at radius 3 is 1.17 bits per heavy atom. The first-order chi connectivity index (χ1) is 2.73. The van der Waals surface area contributed by atoms with E-state index in [4.69, 9.17) is 12.3 Å². The van der Waals surface area contributed by atoms with Crippen molar-refractivity contribution in [1.29, 1.82) is 0 Å². The molecule has 40 valence electrons. The van der Waals surface area contributed by atoms with Crippen molar-refractivity contribution in [3.05, 3.63) is 0 Å². The van der Waals surface area contributed by atoms with Gasteiger partial charge in [0.15, 0.2) is 0 Å². The molecule has 0 atom stereocenters. The van der Waals surface area contributed by atoms with E-state index < -0.39 is 15.7 Å². The summed E-state index contributed by atoms with van der Waals surface area (Å²) in [7, 11) is 4.45. The molecule has 0 bridgehead atoms. The summed E-state index contributed by atoms with van der Waals surface area (Å²) < 4.78 is 21.9. The Morgan fingerprint density at radius 2 is 1.17 bits per heavy atom. The fraction of sp³-hybridized carbons (Fsp3) is 0. The second kappa shape index (κ2) is 9.54. The zero-order chi connectivity index (χ0) is 5.58. The summed E-state index contributed by atoms with van der Waals surface area (Å²) in [6.45, 7) is 0. The van der Waals surface area contributed by atoms with Gasteiger partial charge >= 0.3 is 53.2 Å². The van der Waals surface area contributed by atoms with Crippen LogP contribution in [0.2, 0.25) is 0 Å². The van der Waals surface area contributed by atoms with Crippen LogP contribution in [-0.2, 0) is 15.1 Å². The van der Waals surface area contributed by atoms with Crippen LogP contribution in [0.5, 0.6) is 0 Å². The molecule has 6 heteroatoms. The van der Waals surface area contributed by atoms with Gasteiger partial charge in [-0.05, 0) is 0 Å². The van der Waals surface area contributed by atoms with E-state index in [0.29, 0.717) is 0 Å². The van der Waals surface area contributed by atoms with Gasteiger partial charge in [0.2, 0.25) is 0 Å². The molecule has 0 rings (SSSR count). The Kier molecular flexibility index (Phi) is 16.3. The molecule has 3 nitrogen and oxygen atoms in total. The van der Waals surface area contributed by atoms with Gasteiger partial charge < -0.3 is 0 Å². The molecular formula is H3AsClMnO3. The maximum absolute atomic E-state index is 7.31.